The molecule has 170 valence electrons. The first-order valence-electron chi connectivity index (χ1n) is 10.3. The lowest BCUT2D eigenvalue weighted by Gasteiger charge is -2.26. The normalized spacial score (nSPS) is 12.5. The first-order chi connectivity index (χ1) is 14.7. The van der Waals surface area contributed by atoms with Crippen molar-refractivity contribution in [3.8, 4) is 5.75 Å². The Hall–Kier alpha value is -2.73. The molecule has 0 saturated heterocycles. The van der Waals surface area contributed by atoms with Crippen molar-refractivity contribution < 1.29 is 9.84 Å². The number of benzene rings is 3. The predicted molar refractivity (Wildman–Crippen MR) is 139 cm³/mol. The number of fused-ring (bicyclic) bond motifs is 1. The van der Waals surface area contributed by atoms with Gasteiger partial charge < -0.3 is 19.7 Å². The van der Waals surface area contributed by atoms with Crippen LogP contribution in [0.2, 0.25) is 0 Å². The zero-order chi connectivity index (χ0) is 20.9. The van der Waals surface area contributed by atoms with Gasteiger partial charge in [-0.15, -0.1) is 0 Å². The number of aryl methyl sites for hydroxylation is 1. The fraction of sp³-hybridized carbons (Fsp3) is 0.259. The quantitative estimate of drug-likeness (QED) is 0.375. The van der Waals surface area contributed by atoms with E-state index in [2.05, 4.69) is 71.4 Å². The molecule has 0 aliphatic heterocycles. The summed E-state index contributed by atoms with van der Waals surface area (Å²) in [7, 11) is 1.86. The molecule has 1 aromatic heterocycles. The minimum Gasteiger partial charge on any atom is -0.489 e. The monoisotopic (exact) mass is 450 g/mol. The number of aliphatic hydroxyl groups excluding tert-OH is 1. The summed E-state index contributed by atoms with van der Waals surface area (Å²) in [4.78, 5) is 0. The standard InChI is InChI=1S/C26H28N2O2.CH4.H2S/c1-19-8-10-20(11-9-19)18-30-23-12-13-24-22(16-23)14-15-28(24)26(25(29)17-27-2)21-6-4-3-5-7-21;;/h3-16,25-27,29H,17-18H2,1-2H3;1H4;1H2/t25-,26+;;/m1../s1. The van der Waals surface area contributed by atoms with Crippen LogP contribution in [0.25, 0.3) is 10.9 Å². The van der Waals surface area contributed by atoms with Gasteiger partial charge >= 0.3 is 0 Å². The van der Waals surface area contributed by atoms with E-state index in [1.54, 1.807) is 0 Å². The molecule has 0 unspecified atom stereocenters. The summed E-state index contributed by atoms with van der Waals surface area (Å²) in [6.45, 7) is 3.14. The molecule has 0 fully saturated rings. The van der Waals surface area contributed by atoms with Crippen molar-refractivity contribution in [2.24, 2.45) is 0 Å². The van der Waals surface area contributed by atoms with Gasteiger partial charge in [0, 0.05) is 23.6 Å². The summed E-state index contributed by atoms with van der Waals surface area (Å²) >= 11 is 0. The summed E-state index contributed by atoms with van der Waals surface area (Å²) in [6, 6.07) is 26.6. The number of hydrogen-bond donors (Lipinski definition) is 2. The Balaban J connectivity index is 0.00000181. The van der Waals surface area contributed by atoms with E-state index in [4.69, 9.17) is 4.74 Å². The van der Waals surface area contributed by atoms with Crippen LogP contribution >= 0.6 is 13.5 Å². The number of aromatic nitrogens is 1. The van der Waals surface area contributed by atoms with Crippen molar-refractivity contribution in [3.63, 3.8) is 0 Å². The van der Waals surface area contributed by atoms with Gasteiger partial charge in [0.05, 0.1) is 12.1 Å². The molecule has 0 aliphatic rings. The highest BCUT2D eigenvalue weighted by Crippen LogP contribution is 2.30. The molecule has 0 radical (unpaired) electrons. The van der Waals surface area contributed by atoms with Crippen molar-refractivity contribution in [1.82, 2.24) is 9.88 Å². The summed E-state index contributed by atoms with van der Waals surface area (Å²) < 4.78 is 8.16. The highest BCUT2D eigenvalue weighted by atomic mass is 32.1. The number of nitrogens with zero attached hydrogens (tertiary/aromatic N) is 1. The molecule has 4 nitrogen and oxygen atoms in total. The van der Waals surface area contributed by atoms with Crippen LogP contribution in [-0.2, 0) is 6.61 Å². The van der Waals surface area contributed by atoms with Crippen LogP contribution in [0.3, 0.4) is 0 Å². The molecule has 5 heteroatoms. The van der Waals surface area contributed by atoms with Crippen molar-refractivity contribution in [2.45, 2.75) is 33.1 Å². The van der Waals surface area contributed by atoms with E-state index in [9.17, 15) is 5.11 Å². The van der Waals surface area contributed by atoms with E-state index < -0.39 is 6.10 Å². The first-order valence-corrected chi connectivity index (χ1v) is 10.3. The fourth-order valence-electron chi connectivity index (χ4n) is 3.86. The van der Waals surface area contributed by atoms with Crippen molar-refractivity contribution in [2.75, 3.05) is 13.6 Å². The van der Waals surface area contributed by atoms with Crippen molar-refractivity contribution >= 4 is 24.4 Å². The van der Waals surface area contributed by atoms with E-state index in [1.807, 2.05) is 37.5 Å². The average molecular weight is 451 g/mol. The molecule has 2 N–H and O–H groups in total. The lowest BCUT2D eigenvalue weighted by molar-refractivity contribution is 0.132. The maximum Gasteiger partial charge on any atom is 0.120 e. The number of nitrogens with one attached hydrogen (secondary N) is 1. The topological polar surface area (TPSA) is 46.4 Å². The largest absolute Gasteiger partial charge is 0.489 e. The molecule has 3 aromatic carbocycles. The van der Waals surface area contributed by atoms with E-state index in [0.29, 0.717) is 13.2 Å². The molecule has 0 spiro atoms. The first kappa shape index (κ1) is 25.5. The minimum atomic E-state index is -0.550. The molecule has 0 aliphatic carbocycles. The molecule has 0 bridgehead atoms. The van der Waals surface area contributed by atoms with Crippen molar-refractivity contribution in [3.05, 3.63) is 102 Å². The Labute approximate surface area is 198 Å². The van der Waals surface area contributed by atoms with Gasteiger partial charge in [0.25, 0.3) is 0 Å². The molecule has 0 amide bonds. The average Bonchev–Trinajstić information content (AvgIpc) is 3.17. The van der Waals surface area contributed by atoms with Crippen LogP contribution < -0.4 is 10.1 Å². The summed E-state index contributed by atoms with van der Waals surface area (Å²) in [5, 5.41) is 15.1. The molecular weight excluding hydrogens is 416 g/mol. The maximum absolute atomic E-state index is 10.9. The molecule has 2 atom stereocenters. The number of likely N-dealkylation sites (N-methyl/N-ethyl adjacent to an activating group) is 1. The van der Waals surface area contributed by atoms with E-state index >= 15 is 0 Å². The van der Waals surface area contributed by atoms with Crippen LogP contribution in [0, 0.1) is 6.92 Å². The van der Waals surface area contributed by atoms with Gasteiger partial charge in [-0.3, -0.25) is 0 Å². The van der Waals surface area contributed by atoms with Gasteiger partial charge in [-0.2, -0.15) is 13.5 Å². The minimum absolute atomic E-state index is 0. The number of aliphatic hydroxyl groups is 1. The molecule has 4 aromatic rings. The van der Waals surface area contributed by atoms with Crippen LogP contribution in [-0.4, -0.2) is 29.4 Å². The van der Waals surface area contributed by atoms with E-state index in [0.717, 1.165) is 27.8 Å². The molecular formula is C27H34N2O2S. The van der Waals surface area contributed by atoms with Crippen LogP contribution in [0.15, 0.2) is 85.1 Å². The zero-order valence-electron chi connectivity index (χ0n) is 18.0. The summed E-state index contributed by atoms with van der Waals surface area (Å²) in [5.74, 6) is 0.841. The highest BCUT2D eigenvalue weighted by Gasteiger charge is 2.23. The third kappa shape index (κ3) is 5.74. The second-order valence-corrected chi connectivity index (χ2v) is 7.70. The van der Waals surface area contributed by atoms with Gasteiger partial charge in [-0.25, -0.2) is 0 Å². The second kappa shape index (κ2) is 11.8. The Morgan fingerprint density at radius 3 is 2.38 bits per heavy atom. The van der Waals surface area contributed by atoms with Gasteiger partial charge in [0.1, 0.15) is 12.4 Å². The SMILES string of the molecule is C.CNC[C@@H](O)[C@H](c1ccccc1)n1ccc2cc(OCc3ccc(C)cc3)ccc21.S. The number of rotatable bonds is 8. The number of ether oxygens (including phenoxy) is 1. The molecule has 1 heterocycles. The van der Waals surface area contributed by atoms with Crippen molar-refractivity contribution in [1.29, 1.82) is 0 Å². The fourth-order valence-corrected chi connectivity index (χ4v) is 3.86. The lowest BCUT2D eigenvalue weighted by Crippen LogP contribution is -2.33. The lowest BCUT2D eigenvalue weighted by atomic mass is 10.0. The van der Waals surface area contributed by atoms with Gasteiger partial charge in [-0.1, -0.05) is 67.6 Å². The van der Waals surface area contributed by atoms with E-state index in [1.165, 1.54) is 5.56 Å². The van der Waals surface area contributed by atoms with Crippen LogP contribution in [0.5, 0.6) is 5.75 Å². The Kier molecular flexibility index (Phi) is 9.39. The second-order valence-electron chi connectivity index (χ2n) is 7.70. The molecule has 32 heavy (non-hydrogen) atoms. The summed E-state index contributed by atoms with van der Waals surface area (Å²) in [5.41, 5.74) is 4.55. The Bertz CT molecular complexity index is 1090. The van der Waals surface area contributed by atoms with E-state index in [-0.39, 0.29) is 27.0 Å². The van der Waals surface area contributed by atoms with Gasteiger partial charge in [0.2, 0.25) is 0 Å². The third-order valence-electron chi connectivity index (χ3n) is 5.44. The number of hydrogen-bond acceptors (Lipinski definition) is 3. The van der Waals surface area contributed by atoms with Crippen LogP contribution in [0.1, 0.15) is 30.2 Å². The predicted octanol–water partition coefficient (Wildman–Crippen LogP) is 5.45. The molecule has 4 rings (SSSR count). The smallest absolute Gasteiger partial charge is 0.120 e. The zero-order valence-corrected chi connectivity index (χ0v) is 19.0. The molecule has 0 saturated carbocycles. The third-order valence-corrected chi connectivity index (χ3v) is 5.44. The van der Waals surface area contributed by atoms with Crippen LogP contribution in [0.4, 0.5) is 0 Å². The Morgan fingerprint density at radius 2 is 1.69 bits per heavy atom. The highest BCUT2D eigenvalue weighted by molar-refractivity contribution is 7.59. The van der Waals surface area contributed by atoms with Gasteiger partial charge in [0.15, 0.2) is 0 Å². The maximum atomic E-state index is 10.9. The van der Waals surface area contributed by atoms with Gasteiger partial charge in [-0.05, 0) is 49.4 Å². The Morgan fingerprint density at radius 1 is 0.969 bits per heavy atom. The summed E-state index contributed by atoms with van der Waals surface area (Å²) in [6.07, 6.45) is 1.50.